The van der Waals surface area contributed by atoms with Crippen molar-refractivity contribution >= 4 is 11.7 Å². The third-order valence-corrected chi connectivity index (χ3v) is 4.28. The van der Waals surface area contributed by atoms with E-state index in [2.05, 4.69) is 14.9 Å². The first-order valence-electron chi connectivity index (χ1n) is 7.58. The number of anilines is 1. The topological polar surface area (TPSA) is 67.8 Å². The van der Waals surface area contributed by atoms with E-state index in [1.165, 1.54) is 0 Å². The quantitative estimate of drug-likeness (QED) is 0.790. The zero-order chi connectivity index (χ0) is 15.4. The van der Waals surface area contributed by atoms with Crippen LogP contribution in [-0.2, 0) is 14.3 Å². The molecule has 120 valence electrons. The molecule has 0 N–H and O–H groups in total. The molecular formula is C15H22N4O3. The van der Waals surface area contributed by atoms with Crippen LogP contribution in [0.5, 0.6) is 0 Å². The maximum Gasteiger partial charge on any atom is 0.223 e. The van der Waals surface area contributed by atoms with E-state index < -0.39 is 0 Å². The smallest absolute Gasteiger partial charge is 0.223 e. The fourth-order valence-corrected chi connectivity index (χ4v) is 3.23. The predicted octanol–water partition coefficient (Wildman–Crippen LogP) is 0.178. The molecule has 2 saturated heterocycles. The summed E-state index contributed by atoms with van der Waals surface area (Å²) in [5.74, 6) is 1.02. The van der Waals surface area contributed by atoms with Gasteiger partial charge < -0.3 is 19.3 Å². The van der Waals surface area contributed by atoms with E-state index in [0.717, 1.165) is 18.9 Å². The van der Waals surface area contributed by atoms with E-state index in [1.807, 2.05) is 4.90 Å². The first kappa shape index (κ1) is 15.2. The molecule has 1 aromatic rings. The van der Waals surface area contributed by atoms with Gasteiger partial charge in [0, 0.05) is 57.5 Å². The third kappa shape index (κ3) is 3.20. The molecule has 0 saturated carbocycles. The second-order valence-corrected chi connectivity index (χ2v) is 6.02. The van der Waals surface area contributed by atoms with Crippen molar-refractivity contribution < 1.29 is 14.3 Å². The van der Waals surface area contributed by atoms with Crippen LogP contribution >= 0.6 is 0 Å². The third-order valence-electron chi connectivity index (χ3n) is 4.28. The van der Waals surface area contributed by atoms with Crippen LogP contribution in [0.15, 0.2) is 18.6 Å². The molecule has 0 aliphatic carbocycles. The summed E-state index contributed by atoms with van der Waals surface area (Å²) < 4.78 is 10.9. The van der Waals surface area contributed by atoms with Crippen molar-refractivity contribution in [1.82, 2.24) is 14.9 Å². The van der Waals surface area contributed by atoms with Crippen LogP contribution in [0, 0.1) is 5.41 Å². The summed E-state index contributed by atoms with van der Waals surface area (Å²) in [4.78, 5) is 24.8. The number of carbonyl (C=O) groups excluding carboxylic acids is 1. The lowest BCUT2D eigenvalue weighted by Gasteiger charge is -2.31. The zero-order valence-electron chi connectivity index (χ0n) is 12.9. The minimum atomic E-state index is -0.168. The number of hydrogen-bond acceptors (Lipinski definition) is 6. The molecule has 1 atom stereocenters. The number of methoxy groups -OCH3 is 1. The van der Waals surface area contributed by atoms with Gasteiger partial charge in [0.05, 0.1) is 26.0 Å². The molecule has 1 spiro atoms. The molecule has 0 unspecified atom stereocenters. The Bertz CT molecular complexity index is 513. The SMILES string of the molecule is COCCN1C[C@]2(COCCN(c3cnccn3)C2)CC1=O. The molecule has 7 heteroatoms. The highest BCUT2D eigenvalue weighted by Crippen LogP contribution is 2.35. The van der Waals surface area contributed by atoms with Crippen LogP contribution in [0.2, 0.25) is 0 Å². The maximum absolute atomic E-state index is 12.3. The molecular weight excluding hydrogens is 284 g/mol. The van der Waals surface area contributed by atoms with Crippen LogP contribution in [0.1, 0.15) is 6.42 Å². The fraction of sp³-hybridized carbons (Fsp3) is 0.667. The summed E-state index contributed by atoms with van der Waals surface area (Å²) >= 11 is 0. The lowest BCUT2D eigenvalue weighted by molar-refractivity contribution is -0.128. The van der Waals surface area contributed by atoms with E-state index in [1.54, 1.807) is 25.7 Å². The number of carbonyl (C=O) groups is 1. The Hall–Kier alpha value is -1.73. The minimum Gasteiger partial charge on any atom is -0.383 e. The minimum absolute atomic E-state index is 0.168. The van der Waals surface area contributed by atoms with Crippen molar-refractivity contribution in [2.45, 2.75) is 6.42 Å². The first-order chi connectivity index (χ1) is 10.7. The van der Waals surface area contributed by atoms with Gasteiger partial charge >= 0.3 is 0 Å². The van der Waals surface area contributed by atoms with Gasteiger partial charge in [-0.3, -0.25) is 9.78 Å². The Morgan fingerprint density at radius 2 is 2.32 bits per heavy atom. The van der Waals surface area contributed by atoms with E-state index in [-0.39, 0.29) is 11.3 Å². The van der Waals surface area contributed by atoms with Gasteiger partial charge in [0.1, 0.15) is 5.82 Å². The summed E-state index contributed by atoms with van der Waals surface area (Å²) in [5.41, 5.74) is -0.168. The van der Waals surface area contributed by atoms with Gasteiger partial charge in [-0.2, -0.15) is 0 Å². The molecule has 1 amide bonds. The number of likely N-dealkylation sites (tertiary alicyclic amines) is 1. The van der Waals surface area contributed by atoms with Gasteiger partial charge in [0.25, 0.3) is 0 Å². The van der Waals surface area contributed by atoms with Gasteiger partial charge in [-0.1, -0.05) is 0 Å². The van der Waals surface area contributed by atoms with E-state index in [9.17, 15) is 4.79 Å². The molecule has 3 rings (SSSR count). The summed E-state index contributed by atoms with van der Waals surface area (Å²) in [7, 11) is 1.65. The molecule has 2 aliphatic rings. The van der Waals surface area contributed by atoms with Crippen LogP contribution in [0.4, 0.5) is 5.82 Å². The average molecular weight is 306 g/mol. The first-order valence-corrected chi connectivity index (χ1v) is 7.58. The van der Waals surface area contributed by atoms with E-state index in [0.29, 0.717) is 39.3 Å². The second-order valence-electron chi connectivity index (χ2n) is 6.02. The molecule has 0 radical (unpaired) electrons. The van der Waals surface area contributed by atoms with Crippen molar-refractivity contribution in [3.8, 4) is 0 Å². The Labute approximate surface area is 130 Å². The molecule has 2 aliphatic heterocycles. The summed E-state index contributed by atoms with van der Waals surface area (Å²) in [5, 5.41) is 0. The van der Waals surface area contributed by atoms with E-state index in [4.69, 9.17) is 9.47 Å². The molecule has 2 fully saturated rings. The zero-order valence-corrected chi connectivity index (χ0v) is 12.9. The van der Waals surface area contributed by atoms with Gasteiger partial charge in [-0.05, 0) is 0 Å². The Morgan fingerprint density at radius 1 is 1.41 bits per heavy atom. The second kappa shape index (κ2) is 6.58. The number of hydrogen-bond donors (Lipinski definition) is 0. The van der Waals surface area contributed by atoms with Crippen molar-refractivity contribution in [2.24, 2.45) is 5.41 Å². The Balaban J connectivity index is 1.74. The van der Waals surface area contributed by atoms with Crippen molar-refractivity contribution in [3.05, 3.63) is 18.6 Å². The lowest BCUT2D eigenvalue weighted by Crippen LogP contribution is -2.41. The highest BCUT2D eigenvalue weighted by atomic mass is 16.5. The highest BCUT2D eigenvalue weighted by Gasteiger charge is 2.45. The summed E-state index contributed by atoms with van der Waals surface area (Å²) in [6.45, 7) is 4.71. The number of ether oxygens (including phenoxy) is 2. The summed E-state index contributed by atoms with van der Waals surface area (Å²) in [6, 6.07) is 0. The molecule has 0 bridgehead atoms. The van der Waals surface area contributed by atoms with Gasteiger partial charge in [-0.25, -0.2) is 4.98 Å². The number of nitrogens with zero attached hydrogens (tertiary/aromatic N) is 4. The monoisotopic (exact) mass is 306 g/mol. The lowest BCUT2D eigenvalue weighted by atomic mass is 9.87. The van der Waals surface area contributed by atoms with Gasteiger partial charge in [0.15, 0.2) is 0 Å². The summed E-state index contributed by atoms with van der Waals surface area (Å²) in [6.07, 6.45) is 5.64. The normalized spacial score (nSPS) is 25.8. The number of rotatable bonds is 4. The van der Waals surface area contributed by atoms with E-state index >= 15 is 0 Å². The standard InChI is InChI=1S/C15H22N4O3/c1-21-6-4-19-11-15(8-14(19)20)10-18(5-7-22-12-15)13-9-16-2-3-17-13/h2-3,9H,4-8,10-12H2,1H3/t15-/m0/s1. The molecule has 0 aromatic carbocycles. The van der Waals surface area contributed by atoms with Gasteiger partial charge in [0.2, 0.25) is 5.91 Å². The highest BCUT2D eigenvalue weighted by molar-refractivity contribution is 5.79. The van der Waals surface area contributed by atoms with Crippen LogP contribution < -0.4 is 4.90 Å². The average Bonchev–Trinajstić information content (AvgIpc) is 2.71. The Kier molecular flexibility index (Phi) is 4.54. The van der Waals surface area contributed by atoms with Crippen LogP contribution in [0.3, 0.4) is 0 Å². The molecule has 3 heterocycles. The van der Waals surface area contributed by atoms with Crippen molar-refractivity contribution in [1.29, 1.82) is 0 Å². The van der Waals surface area contributed by atoms with Crippen LogP contribution in [-0.4, -0.2) is 73.9 Å². The molecule has 1 aromatic heterocycles. The number of aromatic nitrogens is 2. The van der Waals surface area contributed by atoms with Crippen LogP contribution in [0.25, 0.3) is 0 Å². The Morgan fingerprint density at radius 3 is 3.09 bits per heavy atom. The maximum atomic E-state index is 12.3. The number of amides is 1. The largest absolute Gasteiger partial charge is 0.383 e. The fourth-order valence-electron chi connectivity index (χ4n) is 3.23. The van der Waals surface area contributed by atoms with Crippen molar-refractivity contribution in [2.75, 3.05) is 58.0 Å². The molecule has 7 nitrogen and oxygen atoms in total. The van der Waals surface area contributed by atoms with Crippen molar-refractivity contribution in [3.63, 3.8) is 0 Å². The predicted molar refractivity (Wildman–Crippen MR) is 80.6 cm³/mol. The van der Waals surface area contributed by atoms with Gasteiger partial charge in [-0.15, -0.1) is 0 Å². The molecule has 22 heavy (non-hydrogen) atoms.